The van der Waals surface area contributed by atoms with Crippen LogP contribution in [-0.2, 0) is 19.2 Å². The zero-order chi connectivity index (χ0) is 35.0. The quantitative estimate of drug-likeness (QED) is 0.0402. The van der Waals surface area contributed by atoms with Gasteiger partial charge in [0.2, 0.25) is 17.7 Å². The molecule has 2 unspecified atom stereocenters. The van der Waals surface area contributed by atoms with E-state index in [9.17, 15) is 38.9 Å². The number of nitro benzene ring substituents is 1. The average molecular weight is 701 g/mol. The number of fused-ring (bicyclic) bond motifs is 1. The second kappa shape index (κ2) is 16.1. The fraction of sp³-hybridized carbons (Fsp3) is 0.419. The van der Waals surface area contributed by atoms with E-state index in [4.69, 9.17) is 4.74 Å². The first-order valence-corrected chi connectivity index (χ1v) is 17.4. The molecular weight excluding hydrogens is 665 g/mol. The number of imide groups is 2. The van der Waals surface area contributed by atoms with Crippen molar-refractivity contribution in [2.75, 3.05) is 30.7 Å². The highest BCUT2D eigenvalue weighted by Crippen LogP contribution is 2.35. The molecule has 2 aliphatic rings. The molecule has 256 valence electrons. The molecule has 5 amide bonds. The summed E-state index contributed by atoms with van der Waals surface area (Å²) < 4.78 is 5.17. The number of piperidine rings is 1. The monoisotopic (exact) mass is 700 g/mol. The van der Waals surface area contributed by atoms with Crippen LogP contribution in [0.3, 0.4) is 0 Å². The van der Waals surface area contributed by atoms with Crippen LogP contribution in [0.5, 0.6) is 5.75 Å². The number of benzene rings is 2. The highest BCUT2D eigenvalue weighted by molar-refractivity contribution is 8.77. The van der Waals surface area contributed by atoms with E-state index in [1.165, 1.54) is 41.1 Å². The van der Waals surface area contributed by atoms with Crippen molar-refractivity contribution < 1.29 is 38.4 Å². The van der Waals surface area contributed by atoms with Crippen LogP contribution in [0, 0.1) is 10.1 Å². The summed E-state index contributed by atoms with van der Waals surface area (Å²) in [6.07, 6.45) is 0.535. The summed E-state index contributed by atoms with van der Waals surface area (Å²) in [6, 6.07) is 8.06. The molecule has 0 bridgehead atoms. The zero-order valence-corrected chi connectivity index (χ0v) is 28.2. The van der Waals surface area contributed by atoms with Crippen molar-refractivity contribution in [1.82, 2.24) is 20.9 Å². The van der Waals surface area contributed by atoms with Crippen LogP contribution in [0.25, 0.3) is 0 Å². The van der Waals surface area contributed by atoms with Gasteiger partial charge in [0.15, 0.2) is 0 Å². The van der Waals surface area contributed by atoms with E-state index in [2.05, 4.69) is 21.3 Å². The maximum Gasteiger partial charge on any atom is 0.325 e. The van der Waals surface area contributed by atoms with E-state index in [0.29, 0.717) is 24.4 Å². The smallest absolute Gasteiger partial charge is 0.325 e. The Morgan fingerprint density at radius 1 is 1.08 bits per heavy atom. The van der Waals surface area contributed by atoms with Crippen LogP contribution in [-0.4, -0.2) is 87.5 Å². The Balaban J connectivity index is 1.28. The van der Waals surface area contributed by atoms with E-state index >= 15 is 0 Å². The first-order valence-electron chi connectivity index (χ1n) is 15.1. The number of esters is 1. The largest absolute Gasteiger partial charge is 0.426 e. The topological polar surface area (TPSA) is 206 Å². The van der Waals surface area contributed by atoms with Crippen LogP contribution < -0.4 is 26.0 Å². The van der Waals surface area contributed by atoms with Crippen molar-refractivity contribution in [1.29, 1.82) is 0 Å². The van der Waals surface area contributed by atoms with Crippen molar-refractivity contribution in [2.45, 2.75) is 56.9 Å². The van der Waals surface area contributed by atoms with Gasteiger partial charge in [-0.1, -0.05) is 48.4 Å². The van der Waals surface area contributed by atoms with Gasteiger partial charge in [-0.3, -0.25) is 54.4 Å². The minimum absolute atomic E-state index is 0.0252. The zero-order valence-electron chi connectivity index (χ0n) is 26.5. The molecule has 0 aromatic heterocycles. The lowest BCUT2D eigenvalue weighted by Gasteiger charge is -2.27. The number of carbonyl (C=O) groups excluding carboxylic acids is 6. The van der Waals surface area contributed by atoms with E-state index in [1.54, 1.807) is 22.9 Å². The fourth-order valence-electron chi connectivity index (χ4n) is 4.82. The number of ether oxygens (including phenoxy) is 1. The van der Waals surface area contributed by atoms with E-state index in [1.807, 2.05) is 20.8 Å². The molecule has 2 heterocycles. The second-order valence-corrected chi connectivity index (χ2v) is 15.1. The molecule has 1 saturated heterocycles. The molecule has 0 radical (unpaired) electrons. The molecule has 15 nitrogen and oxygen atoms in total. The van der Waals surface area contributed by atoms with Gasteiger partial charge in [-0.05, 0) is 37.1 Å². The highest BCUT2D eigenvalue weighted by Gasteiger charge is 2.45. The molecule has 0 spiro atoms. The average Bonchev–Trinajstić information content (AvgIpc) is 3.28. The molecule has 48 heavy (non-hydrogen) atoms. The minimum Gasteiger partial charge on any atom is -0.426 e. The standard InChI is InChI=1S/C31H36N6O9S2/c1-31(2,3)48-47-17-22(34-16-25(39)46-19-10-8-18(9-11-19)37(44)45)27(40)33-15-5-14-32-21-7-4-6-20-26(21)30(43)36(29(20)42)23-12-13-24(38)35-28(23)41/h4,6-11,22-23,32,34H,5,12-17H2,1-3H3,(H,33,40)(H,35,38,41). The van der Waals surface area contributed by atoms with Gasteiger partial charge >= 0.3 is 5.97 Å². The normalized spacial score (nSPS) is 16.6. The van der Waals surface area contributed by atoms with Crippen LogP contribution in [0.4, 0.5) is 11.4 Å². The molecule has 4 N–H and O–H groups in total. The lowest BCUT2D eigenvalue weighted by atomic mass is 10.0. The molecule has 0 aliphatic carbocycles. The lowest BCUT2D eigenvalue weighted by Crippen LogP contribution is -2.54. The summed E-state index contributed by atoms with van der Waals surface area (Å²) in [5, 5.41) is 21.9. The maximum atomic E-state index is 13.3. The van der Waals surface area contributed by atoms with Crippen molar-refractivity contribution in [3.8, 4) is 5.75 Å². The predicted molar refractivity (Wildman–Crippen MR) is 180 cm³/mol. The van der Waals surface area contributed by atoms with Gasteiger partial charge in [-0.15, -0.1) is 0 Å². The molecule has 17 heteroatoms. The highest BCUT2D eigenvalue weighted by atomic mass is 33.1. The summed E-state index contributed by atoms with van der Waals surface area (Å²) >= 11 is 0. The Kier molecular flexibility index (Phi) is 12.2. The summed E-state index contributed by atoms with van der Waals surface area (Å²) in [4.78, 5) is 87.0. The number of carbonyl (C=O) groups is 6. The number of rotatable bonds is 15. The third-order valence-electron chi connectivity index (χ3n) is 7.07. The third kappa shape index (κ3) is 9.54. The number of hydrogen-bond acceptors (Lipinski definition) is 13. The lowest BCUT2D eigenvalue weighted by molar-refractivity contribution is -0.384. The Morgan fingerprint density at radius 3 is 2.48 bits per heavy atom. The molecule has 0 saturated carbocycles. The van der Waals surface area contributed by atoms with Crippen LogP contribution in [0.1, 0.15) is 60.7 Å². The molecule has 2 atom stereocenters. The van der Waals surface area contributed by atoms with Crippen LogP contribution >= 0.6 is 21.6 Å². The fourth-order valence-corrected chi connectivity index (χ4v) is 7.32. The minimum atomic E-state index is -1.07. The number of nitro groups is 1. The Morgan fingerprint density at radius 2 is 1.81 bits per heavy atom. The van der Waals surface area contributed by atoms with E-state index < -0.39 is 46.6 Å². The number of hydrogen-bond donors (Lipinski definition) is 4. The maximum absolute atomic E-state index is 13.3. The van der Waals surface area contributed by atoms with Gasteiger partial charge < -0.3 is 15.4 Å². The molecular formula is C31H36N6O9S2. The molecule has 1 fully saturated rings. The molecule has 2 aliphatic heterocycles. The summed E-state index contributed by atoms with van der Waals surface area (Å²) in [6.45, 7) is 6.45. The molecule has 4 rings (SSSR count). The second-order valence-electron chi connectivity index (χ2n) is 11.9. The number of amides is 5. The molecule has 2 aromatic carbocycles. The van der Waals surface area contributed by atoms with Gasteiger partial charge in [0, 0.05) is 47.8 Å². The van der Waals surface area contributed by atoms with E-state index in [-0.39, 0.29) is 59.1 Å². The number of nitrogens with zero attached hydrogens (tertiary/aromatic N) is 2. The van der Waals surface area contributed by atoms with Gasteiger partial charge in [0.1, 0.15) is 11.8 Å². The first kappa shape index (κ1) is 36.4. The predicted octanol–water partition coefficient (Wildman–Crippen LogP) is 2.66. The number of anilines is 1. The van der Waals surface area contributed by atoms with Crippen molar-refractivity contribution in [3.63, 3.8) is 0 Å². The first-order chi connectivity index (χ1) is 22.7. The Labute approximate surface area is 284 Å². The van der Waals surface area contributed by atoms with Crippen molar-refractivity contribution >= 4 is 68.5 Å². The Hall–Kier alpha value is -4.48. The van der Waals surface area contributed by atoms with Crippen molar-refractivity contribution in [2.24, 2.45) is 0 Å². The summed E-state index contributed by atoms with van der Waals surface area (Å²) in [5.41, 5.74) is 0.582. The number of non-ortho nitro benzene ring substituents is 1. The van der Waals surface area contributed by atoms with Gasteiger partial charge in [-0.2, -0.15) is 0 Å². The van der Waals surface area contributed by atoms with Gasteiger partial charge in [0.25, 0.3) is 17.5 Å². The van der Waals surface area contributed by atoms with Crippen LogP contribution in [0.2, 0.25) is 0 Å². The summed E-state index contributed by atoms with van der Waals surface area (Å²) in [5.74, 6) is -2.86. The third-order valence-corrected chi connectivity index (χ3v) is 10.4. The Bertz CT molecular complexity index is 1600. The van der Waals surface area contributed by atoms with Crippen LogP contribution in [0.15, 0.2) is 42.5 Å². The van der Waals surface area contributed by atoms with Crippen molar-refractivity contribution in [3.05, 3.63) is 63.7 Å². The number of nitrogens with one attached hydrogen (secondary N) is 4. The SMILES string of the molecule is CC(C)(C)SSCC(NCC(=O)Oc1ccc([N+](=O)[O-])cc1)C(=O)NCCCNc1cccc2c1C(=O)N(C1CCC(=O)NC1=O)C2=O. The van der Waals surface area contributed by atoms with Gasteiger partial charge in [0.05, 0.1) is 28.6 Å². The van der Waals surface area contributed by atoms with E-state index in [0.717, 1.165) is 4.90 Å². The van der Waals surface area contributed by atoms with Gasteiger partial charge in [-0.25, -0.2) is 0 Å². The summed E-state index contributed by atoms with van der Waals surface area (Å²) in [7, 11) is 3.07. The molecule has 2 aromatic rings.